The SMILES string of the molecule is CC1CN(C2CCCC(C)(C)C2O)CC(C)N1C. The Bertz CT molecular complexity index is 280. The topological polar surface area (TPSA) is 26.7 Å². The van der Waals surface area contributed by atoms with E-state index in [1.54, 1.807) is 0 Å². The molecule has 0 aromatic heterocycles. The molecule has 1 saturated carbocycles. The summed E-state index contributed by atoms with van der Waals surface area (Å²) in [5.41, 5.74) is 0.0821. The van der Waals surface area contributed by atoms with Crippen LogP contribution in [0.15, 0.2) is 0 Å². The zero-order valence-electron chi connectivity index (χ0n) is 12.7. The van der Waals surface area contributed by atoms with Crippen molar-refractivity contribution < 1.29 is 5.11 Å². The van der Waals surface area contributed by atoms with Crippen LogP contribution in [0.1, 0.15) is 47.0 Å². The van der Waals surface area contributed by atoms with Crippen molar-refractivity contribution in [2.24, 2.45) is 5.41 Å². The summed E-state index contributed by atoms with van der Waals surface area (Å²) in [6, 6.07) is 1.55. The molecule has 3 nitrogen and oxygen atoms in total. The lowest BCUT2D eigenvalue weighted by atomic mass is 9.72. The van der Waals surface area contributed by atoms with E-state index in [2.05, 4.69) is 44.5 Å². The van der Waals surface area contributed by atoms with E-state index in [0.717, 1.165) is 25.9 Å². The predicted octanol–water partition coefficient (Wildman–Crippen LogP) is 1.95. The van der Waals surface area contributed by atoms with Crippen molar-refractivity contribution in [3.63, 3.8) is 0 Å². The van der Waals surface area contributed by atoms with Gasteiger partial charge in [0.25, 0.3) is 0 Å². The molecular weight excluding hydrogens is 224 g/mol. The summed E-state index contributed by atoms with van der Waals surface area (Å²) in [6.45, 7) is 11.2. The Hall–Kier alpha value is -0.120. The number of aliphatic hydroxyl groups excluding tert-OH is 1. The van der Waals surface area contributed by atoms with E-state index < -0.39 is 0 Å². The molecule has 3 heteroatoms. The maximum atomic E-state index is 10.6. The smallest absolute Gasteiger partial charge is 0.0746 e. The second-order valence-electron chi connectivity index (χ2n) is 7.21. The summed E-state index contributed by atoms with van der Waals surface area (Å²) in [7, 11) is 2.22. The van der Waals surface area contributed by atoms with Gasteiger partial charge >= 0.3 is 0 Å². The summed E-state index contributed by atoms with van der Waals surface area (Å²) in [5, 5.41) is 10.6. The van der Waals surface area contributed by atoms with Crippen molar-refractivity contribution in [2.45, 2.75) is 71.2 Å². The minimum Gasteiger partial charge on any atom is -0.391 e. The Morgan fingerprint density at radius 2 is 1.67 bits per heavy atom. The standard InChI is InChI=1S/C15H30N2O/c1-11-9-17(10-12(2)16(11)5)13-7-6-8-15(3,4)14(13)18/h11-14,18H,6-10H2,1-5H3. The van der Waals surface area contributed by atoms with Crippen LogP contribution in [0.3, 0.4) is 0 Å². The monoisotopic (exact) mass is 254 g/mol. The molecule has 2 rings (SSSR count). The lowest BCUT2D eigenvalue weighted by molar-refractivity contribution is -0.0804. The van der Waals surface area contributed by atoms with E-state index in [1.165, 1.54) is 6.42 Å². The average molecular weight is 254 g/mol. The molecule has 106 valence electrons. The normalized spacial score (nSPS) is 43.0. The Labute approximate surface area is 112 Å². The molecule has 0 aromatic carbocycles. The van der Waals surface area contributed by atoms with Crippen LogP contribution in [-0.2, 0) is 0 Å². The highest BCUT2D eigenvalue weighted by atomic mass is 16.3. The molecule has 1 aliphatic heterocycles. The molecule has 1 aliphatic carbocycles. The van der Waals surface area contributed by atoms with Gasteiger partial charge in [-0.05, 0) is 39.2 Å². The van der Waals surface area contributed by atoms with Gasteiger partial charge < -0.3 is 5.11 Å². The fraction of sp³-hybridized carbons (Fsp3) is 1.00. The average Bonchev–Trinajstić information content (AvgIpc) is 2.29. The minimum absolute atomic E-state index is 0.0821. The van der Waals surface area contributed by atoms with Gasteiger partial charge in [0.05, 0.1) is 6.10 Å². The van der Waals surface area contributed by atoms with Gasteiger partial charge in [-0.2, -0.15) is 0 Å². The highest BCUT2D eigenvalue weighted by Crippen LogP contribution is 2.38. The van der Waals surface area contributed by atoms with E-state index in [0.29, 0.717) is 18.1 Å². The molecule has 0 spiro atoms. The summed E-state index contributed by atoms with van der Waals surface area (Å²) in [6.07, 6.45) is 3.40. The molecular formula is C15H30N2O. The van der Waals surface area contributed by atoms with Crippen LogP contribution in [-0.4, -0.2) is 59.3 Å². The van der Waals surface area contributed by atoms with Gasteiger partial charge in [-0.25, -0.2) is 0 Å². The Kier molecular flexibility index (Phi) is 4.05. The van der Waals surface area contributed by atoms with Crippen molar-refractivity contribution in [1.29, 1.82) is 0 Å². The fourth-order valence-corrected chi connectivity index (χ4v) is 3.69. The van der Waals surface area contributed by atoms with Crippen LogP contribution in [0.5, 0.6) is 0 Å². The Morgan fingerprint density at radius 3 is 2.22 bits per heavy atom. The summed E-state index contributed by atoms with van der Waals surface area (Å²) in [4.78, 5) is 5.00. The molecule has 0 bridgehead atoms. The van der Waals surface area contributed by atoms with Crippen LogP contribution in [0, 0.1) is 5.41 Å². The van der Waals surface area contributed by atoms with E-state index in [-0.39, 0.29) is 11.5 Å². The molecule has 18 heavy (non-hydrogen) atoms. The first-order chi connectivity index (χ1) is 8.33. The van der Waals surface area contributed by atoms with Gasteiger partial charge in [0.1, 0.15) is 0 Å². The molecule has 4 atom stereocenters. The second-order valence-corrected chi connectivity index (χ2v) is 7.21. The van der Waals surface area contributed by atoms with Crippen LogP contribution < -0.4 is 0 Å². The molecule has 0 radical (unpaired) electrons. The molecule has 1 heterocycles. The highest BCUT2D eigenvalue weighted by molar-refractivity contribution is 4.96. The molecule has 0 amide bonds. The molecule has 2 fully saturated rings. The van der Waals surface area contributed by atoms with Crippen LogP contribution in [0.2, 0.25) is 0 Å². The number of hydrogen-bond acceptors (Lipinski definition) is 3. The zero-order valence-corrected chi connectivity index (χ0v) is 12.7. The number of piperazine rings is 1. The van der Waals surface area contributed by atoms with Crippen LogP contribution in [0.4, 0.5) is 0 Å². The van der Waals surface area contributed by atoms with E-state index in [9.17, 15) is 5.11 Å². The van der Waals surface area contributed by atoms with Crippen LogP contribution >= 0.6 is 0 Å². The van der Waals surface area contributed by atoms with Crippen molar-refractivity contribution in [1.82, 2.24) is 9.80 Å². The van der Waals surface area contributed by atoms with E-state index in [1.807, 2.05) is 0 Å². The lowest BCUT2D eigenvalue weighted by Crippen LogP contribution is -2.62. The van der Waals surface area contributed by atoms with Gasteiger partial charge in [0.15, 0.2) is 0 Å². The zero-order chi connectivity index (χ0) is 13.5. The van der Waals surface area contributed by atoms with Gasteiger partial charge in [-0.15, -0.1) is 0 Å². The quantitative estimate of drug-likeness (QED) is 0.775. The van der Waals surface area contributed by atoms with Gasteiger partial charge in [0.2, 0.25) is 0 Å². The van der Waals surface area contributed by atoms with Crippen LogP contribution in [0.25, 0.3) is 0 Å². The van der Waals surface area contributed by atoms with Gasteiger partial charge in [0, 0.05) is 31.2 Å². The summed E-state index contributed by atoms with van der Waals surface area (Å²) >= 11 is 0. The number of aliphatic hydroxyl groups is 1. The third kappa shape index (κ3) is 2.59. The third-order valence-corrected chi connectivity index (χ3v) is 5.34. The number of rotatable bonds is 1. The van der Waals surface area contributed by atoms with E-state index in [4.69, 9.17) is 0 Å². The van der Waals surface area contributed by atoms with Crippen molar-refractivity contribution in [2.75, 3.05) is 20.1 Å². The van der Waals surface area contributed by atoms with Gasteiger partial charge in [-0.1, -0.05) is 20.3 Å². The maximum absolute atomic E-state index is 10.6. The molecule has 1 saturated heterocycles. The first kappa shape index (κ1) is 14.3. The first-order valence-corrected chi connectivity index (χ1v) is 7.47. The molecule has 4 unspecified atom stereocenters. The minimum atomic E-state index is -0.172. The largest absolute Gasteiger partial charge is 0.391 e. The number of hydrogen-bond donors (Lipinski definition) is 1. The lowest BCUT2D eigenvalue weighted by Gasteiger charge is -2.51. The first-order valence-electron chi connectivity index (χ1n) is 7.47. The summed E-state index contributed by atoms with van der Waals surface area (Å²) < 4.78 is 0. The Morgan fingerprint density at radius 1 is 1.11 bits per heavy atom. The van der Waals surface area contributed by atoms with Gasteiger partial charge in [-0.3, -0.25) is 9.80 Å². The Balaban J connectivity index is 2.07. The molecule has 1 N–H and O–H groups in total. The highest BCUT2D eigenvalue weighted by Gasteiger charge is 2.42. The fourth-order valence-electron chi connectivity index (χ4n) is 3.69. The number of nitrogens with zero attached hydrogens (tertiary/aromatic N) is 2. The van der Waals surface area contributed by atoms with Crippen molar-refractivity contribution >= 4 is 0 Å². The predicted molar refractivity (Wildman–Crippen MR) is 75.7 cm³/mol. The van der Waals surface area contributed by atoms with Crippen molar-refractivity contribution in [3.8, 4) is 0 Å². The second kappa shape index (κ2) is 5.10. The van der Waals surface area contributed by atoms with Crippen molar-refractivity contribution in [3.05, 3.63) is 0 Å². The number of likely N-dealkylation sites (N-methyl/N-ethyl adjacent to an activating group) is 1. The third-order valence-electron chi connectivity index (χ3n) is 5.34. The maximum Gasteiger partial charge on any atom is 0.0746 e. The molecule has 2 aliphatic rings. The van der Waals surface area contributed by atoms with E-state index >= 15 is 0 Å². The molecule has 0 aromatic rings. The summed E-state index contributed by atoms with van der Waals surface area (Å²) in [5.74, 6) is 0.